The molecule has 1 aromatic carbocycles. The van der Waals surface area contributed by atoms with Gasteiger partial charge >= 0.3 is 5.97 Å². The van der Waals surface area contributed by atoms with E-state index in [2.05, 4.69) is 0 Å². The third-order valence-electron chi connectivity index (χ3n) is 3.22. The number of esters is 1. The van der Waals surface area contributed by atoms with E-state index >= 15 is 0 Å². The number of hydrogen-bond acceptors (Lipinski definition) is 6. The molecule has 1 fully saturated rings. The molecule has 0 bridgehead atoms. The average molecular weight is 313 g/mol. The van der Waals surface area contributed by atoms with E-state index < -0.39 is 22.1 Å². The fourth-order valence-corrected chi connectivity index (χ4v) is 2.66. The van der Waals surface area contributed by atoms with Crippen LogP contribution in [0.25, 0.3) is 0 Å². The van der Waals surface area contributed by atoms with Crippen molar-refractivity contribution in [1.82, 2.24) is 0 Å². The van der Waals surface area contributed by atoms with Crippen LogP contribution in [0.5, 0.6) is 5.75 Å². The van der Waals surface area contributed by atoms with E-state index in [1.807, 2.05) is 0 Å². The lowest BCUT2D eigenvalue weighted by Gasteiger charge is -2.13. The molecule has 1 atom stereocenters. The maximum absolute atomic E-state index is 12.1. The van der Waals surface area contributed by atoms with E-state index in [4.69, 9.17) is 14.6 Å². The summed E-state index contributed by atoms with van der Waals surface area (Å²) in [6, 6.07) is 3.62. The van der Waals surface area contributed by atoms with E-state index in [0.717, 1.165) is 6.07 Å². The van der Waals surface area contributed by atoms with Gasteiger partial charge in [0.2, 0.25) is 10.0 Å². The molecule has 1 saturated carbocycles. The van der Waals surface area contributed by atoms with Crippen LogP contribution in [0, 0.1) is 0 Å². The van der Waals surface area contributed by atoms with Crippen molar-refractivity contribution in [2.24, 2.45) is 5.14 Å². The lowest BCUT2D eigenvalue weighted by atomic mass is 10.2. The van der Waals surface area contributed by atoms with E-state index in [1.165, 1.54) is 19.2 Å². The normalized spacial score (nSPS) is 18.6. The number of nitrogens with two attached hydrogens (primary N) is 1. The van der Waals surface area contributed by atoms with Gasteiger partial charge in [0.25, 0.3) is 0 Å². The van der Waals surface area contributed by atoms with Gasteiger partial charge in [-0.15, -0.1) is 0 Å². The van der Waals surface area contributed by atoms with Gasteiger partial charge < -0.3 is 9.47 Å². The smallest absolute Gasteiger partial charge is 0.342 e. The maximum atomic E-state index is 12.1. The Bertz CT molecular complexity index is 682. The quantitative estimate of drug-likeness (QED) is 0.815. The van der Waals surface area contributed by atoms with Crippen molar-refractivity contribution >= 4 is 21.8 Å². The number of primary sulfonamides is 1. The zero-order valence-corrected chi connectivity index (χ0v) is 12.2. The summed E-state index contributed by atoms with van der Waals surface area (Å²) in [5.74, 6) is -0.791. The summed E-state index contributed by atoms with van der Waals surface area (Å²) in [5, 5.41) is 5.03. The van der Waals surface area contributed by atoms with Gasteiger partial charge in [0.15, 0.2) is 11.9 Å². The van der Waals surface area contributed by atoms with Gasteiger partial charge in [0.1, 0.15) is 11.3 Å². The Hall–Kier alpha value is -1.93. The van der Waals surface area contributed by atoms with Crippen LogP contribution in [0.15, 0.2) is 23.1 Å². The Morgan fingerprint density at radius 1 is 1.38 bits per heavy atom. The molecule has 2 N–H and O–H groups in total. The molecular weight excluding hydrogens is 298 g/mol. The first-order chi connectivity index (χ1) is 9.82. The summed E-state index contributed by atoms with van der Waals surface area (Å²) in [5.41, 5.74) is -0.0799. The van der Waals surface area contributed by atoms with Crippen LogP contribution in [0.3, 0.4) is 0 Å². The Morgan fingerprint density at radius 2 is 2.10 bits per heavy atom. The predicted molar refractivity (Wildman–Crippen MR) is 72.4 cm³/mol. The molecule has 1 aliphatic rings. The van der Waals surface area contributed by atoms with Crippen molar-refractivity contribution in [3.05, 3.63) is 23.8 Å². The number of rotatable bonds is 4. The number of benzene rings is 1. The van der Waals surface area contributed by atoms with Crippen molar-refractivity contribution in [2.45, 2.75) is 30.3 Å². The van der Waals surface area contributed by atoms with Crippen LogP contribution in [-0.2, 0) is 19.6 Å². The molecule has 7 nitrogen and oxygen atoms in total. The number of Topliss-reactive ketones (excluding diaryl/α,β-unsaturated/α-hetero) is 1. The minimum atomic E-state index is -3.95. The van der Waals surface area contributed by atoms with Gasteiger partial charge in [0.05, 0.1) is 12.0 Å². The van der Waals surface area contributed by atoms with E-state index in [1.54, 1.807) is 0 Å². The fraction of sp³-hybridized carbons (Fsp3) is 0.385. The second kappa shape index (κ2) is 5.82. The van der Waals surface area contributed by atoms with Crippen LogP contribution < -0.4 is 9.88 Å². The number of ketones is 1. The monoisotopic (exact) mass is 313 g/mol. The Balaban J connectivity index is 2.32. The van der Waals surface area contributed by atoms with Gasteiger partial charge in [-0.3, -0.25) is 4.79 Å². The van der Waals surface area contributed by atoms with E-state index in [0.29, 0.717) is 19.3 Å². The zero-order chi connectivity index (χ0) is 15.6. The number of carbonyl (C=O) groups excluding carboxylic acids is 2. The van der Waals surface area contributed by atoms with Gasteiger partial charge in [-0.2, -0.15) is 0 Å². The molecular formula is C13H15NO6S. The topological polar surface area (TPSA) is 113 Å². The third kappa shape index (κ3) is 3.40. The third-order valence-corrected chi connectivity index (χ3v) is 4.13. The maximum Gasteiger partial charge on any atom is 0.342 e. The second-order valence-electron chi connectivity index (χ2n) is 4.66. The van der Waals surface area contributed by atoms with Gasteiger partial charge in [-0.05, 0) is 31.0 Å². The van der Waals surface area contributed by atoms with E-state index in [-0.39, 0.29) is 22.0 Å². The highest BCUT2D eigenvalue weighted by Gasteiger charge is 2.29. The Kier molecular flexibility index (Phi) is 4.29. The van der Waals surface area contributed by atoms with Gasteiger partial charge in [-0.25, -0.2) is 18.4 Å². The summed E-state index contributed by atoms with van der Waals surface area (Å²) in [4.78, 5) is 23.4. The van der Waals surface area contributed by atoms with Gasteiger partial charge in [-0.1, -0.05) is 0 Å². The fourth-order valence-electron chi connectivity index (χ4n) is 2.12. The second-order valence-corrected chi connectivity index (χ2v) is 6.22. The van der Waals surface area contributed by atoms with Crippen LogP contribution >= 0.6 is 0 Å². The molecule has 0 spiro atoms. The molecule has 0 saturated heterocycles. The van der Waals surface area contributed by atoms with Crippen LogP contribution in [-0.4, -0.2) is 33.4 Å². The van der Waals surface area contributed by atoms with Crippen molar-refractivity contribution < 1.29 is 27.5 Å². The van der Waals surface area contributed by atoms with Crippen molar-refractivity contribution in [3.8, 4) is 5.75 Å². The number of carbonyl (C=O) groups is 2. The summed E-state index contributed by atoms with van der Waals surface area (Å²) < 4.78 is 32.8. The Morgan fingerprint density at radius 3 is 2.62 bits per heavy atom. The molecule has 8 heteroatoms. The van der Waals surface area contributed by atoms with E-state index in [9.17, 15) is 18.0 Å². The first-order valence-electron chi connectivity index (χ1n) is 6.27. The molecule has 0 heterocycles. The summed E-state index contributed by atoms with van der Waals surface area (Å²) >= 11 is 0. The Labute approximate surface area is 122 Å². The molecule has 0 aliphatic heterocycles. The molecule has 0 unspecified atom stereocenters. The lowest BCUT2D eigenvalue weighted by molar-refractivity contribution is -0.124. The van der Waals surface area contributed by atoms with Crippen LogP contribution in [0.2, 0.25) is 0 Å². The number of methoxy groups -OCH3 is 1. The highest BCUT2D eigenvalue weighted by Crippen LogP contribution is 2.25. The molecule has 1 aliphatic carbocycles. The largest absolute Gasteiger partial charge is 0.496 e. The molecule has 21 heavy (non-hydrogen) atoms. The highest BCUT2D eigenvalue weighted by molar-refractivity contribution is 7.89. The lowest BCUT2D eigenvalue weighted by Crippen LogP contribution is -2.22. The van der Waals surface area contributed by atoms with Gasteiger partial charge in [0, 0.05) is 6.42 Å². The van der Waals surface area contributed by atoms with Crippen molar-refractivity contribution in [3.63, 3.8) is 0 Å². The first-order valence-corrected chi connectivity index (χ1v) is 7.82. The standard InChI is InChI=1S/C13H15NO6S/c1-19-11-6-5-8(21(14,17)18)7-9(11)13(16)20-12-4-2-3-10(12)15/h5-7,12H,2-4H2,1H3,(H2,14,17,18)/t12-/m0/s1. The molecule has 0 radical (unpaired) electrons. The van der Waals surface area contributed by atoms with Crippen molar-refractivity contribution in [1.29, 1.82) is 0 Å². The average Bonchev–Trinajstić information content (AvgIpc) is 2.82. The van der Waals surface area contributed by atoms with Crippen LogP contribution in [0.4, 0.5) is 0 Å². The van der Waals surface area contributed by atoms with Crippen LogP contribution in [0.1, 0.15) is 29.6 Å². The summed E-state index contributed by atoms with van der Waals surface area (Å²) in [6.07, 6.45) is 0.750. The molecule has 1 aromatic rings. The SMILES string of the molecule is COc1ccc(S(N)(=O)=O)cc1C(=O)O[C@H]1CCCC1=O. The van der Waals surface area contributed by atoms with Crippen molar-refractivity contribution in [2.75, 3.05) is 7.11 Å². The zero-order valence-electron chi connectivity index (χ0n) is 11.4. The minimum absolute atomic E-state index is 0.0799. The predicted octanol–water partition coefficient (Wildman–Crippen LogP) is 0.621. The molecule has 0 aromatic heterocycles. The minimum Gasteiger partial charge on any atom is -0.496 e. The number of sulfonamides is 1. The number of hydrogen-bond donors (Lipinski definition) is 1. The summed E-state index contributed by atoms with van der Waals surface area (Å²) in [7, 11) is -2.62. The number of ether oxygens (including phenoxy) is 2. The highest BCUT2D eigenvalue weighted by atomic mass is 32.2. The summed E-state index contributed by atoms with van der Waals surface area (Å²) in [6.45, 7) is 0. The first kappa shape index (κ1) is 15.5. The molecule has 0 amide bonds. The molecule has 2 rings (SSSR count). The molecule has 114 valence electrons.